The lowest BCUT2D eigenvalue weighted by atomic mass is 10.1. The smallest absolute Gasteiger partial charge is 0.228 e. The predicted octanol–water partition coefficient (Wildman–Crippen LogP) is 1.66. The molecule has 0 saturated carbocycles. The number of allylic oxidation sites excluding steroid dienone is 1. The number of rotatable bonds is 11. The third-order valence-corrected chi connectivity index (χ3v) is 4.97. The average molecular weight is 433 g/mol. The second-order valence-corrected chi connectivity index (χ2v) is 8.71. The molecule has 2 unspecified atom stereocenters. The molecule has 0 fully saturated rings. The van der Waals surface area contributed by atoms with Gasteiger partial charge in [-0.15, -0.1) is 5.48 Å². The van der Waals surface area contributed by atoms with Gasteiger partial charge in [-0.1, -0.05) is 27.7 Å². The fourth-order valence-corrected chi connectivity index (χ4v) is 2.98. The maximum atomic E-state index is 5.86. The quantitative estimate of drug-likeness (QED) is 0.354. The molecule has 3 rings (SSSR count). The van der Waals surface area contributed by atoms with Crippen LogP contribution in [0.1, 0.15) is 27.7 Å². The van der Waals surface area contributed by atoms with Crippen molar-refractivity contribution < 1.29 is 9.57 Å². The average Bonchev–Trinajstić information content (AvgIpc) is 3.36. The number of hydrazine groups is 1. The van der Waals surface area contributed by atoms with Crippen LogP contribution in [-0.2, 0) is 4.84 Å². The van der Waals surface area contributed by atoms with Gasteiger partial charge in [0.05, 0.1) is 12.6 Å². The second kappa shape index (κ2) is 10.7. The fourth-order valence-electron chi connectivity index (χ4n) is 2.98. The summed E-state index contributed by atoms with van der Waals surface area (Å²) in [6.07, 6.45) is 4.12. The Balaban J connectivity index is 1.68. The zero-order valence-corrected chi connectivity index (χ0v) is 19.3. The molecule has 0 aliphatic carbocycles. The molecule has 31 heavy (non-hydrogen) atoms. The third-order valence-electron chi connectivity index (χ3n) is 4.97. The van der Waals surface area contributed by atoms with Gasteiger partial charge >= 0.3 is 0 Å². The largest absolute Gasteiger partial charge is 0.476 e. The number of aromatic nitrogens is 2. The van der Waals surface area contributed by atoms with E-state index in [-0.39, 0.29) is 12.2 Å². The van der Waals surface area contributed by atoms with E-state index in [1.165, 1.54) is 0 Å². The first kappa shape index (κ1) is 23.1. The van der Waals surface area contributed by atoms with Gasteiger partial charge in [0.15, 0.2) is 0 Å². The first-order valence-electron chi connectivity index (χ1n) is 10.8. The number of anilines is 2. The van der Waals surface area contributed by atoms with Gasteiger partial charge in [0.25, 0.3) is 0 Å². The van der Waals surface area contributed by atoms with Gasteiger partial charge in [0.2, 0.25) is 11.8 Å². The van der Waals surface area contributed by atoms with Crippen LogP contribution in [0.5, 0.6) is 5.88 Å². The highest BCUT2D eigenvalue weighted by Crippen LogP contribution is 2.20. The lowest BCUT2D eigenvalue weighted by molar-refractivity contribution is 0.104. The Labute approximate surface area is 184 Å². The third kappa shape index (κ3) is 6.98. The van der Waals surface area contributed by atoms with E-state index in [1.807, 2.05) is 20.2 Å². The van der Waals surface area contributed by atoms with Crippen molar-refractivity contribution in [2.75, 3.05) is 44.4 Å². The highest BCUT2D eigenvalue weighted by Gasteiger charge is 2.20. The van der Waals surface area contributed by atoms with E-state index in [0.29, 0.717) is 42.6 Å². The van der Waals surface area contributed by atoms with Crippen LogP contribution in [0.4, 0.5) is 11.8 Å². The number of hydroxylamine groups is 1. The van der Waals surface area contributed by atoms with Gasteiger partial charge in [-0.2, -0.15) is 9.97 Å². The minimum absolute atomic E-state index is 0.0772. The molecule has 0 amide bonds. The summed E-state index contributed by atoms with van der Waals surface area (Å²) in [5.74, 6) is 3.34. The topological polar surface area (TPSA) is 108 Å². The van der Waals surface area contributed by atoms with Crippen molar-refractivity contribution >= 4 is 11.8 Å². The molecule has 1 aromatic heterocycles. The summed E-state index contributed by atoms with van der Waals surface area (Å²) >= 11 is 0. The van der Waals surface area contributed by atoms with E-state index in [1.54, 1.807) is 0 Å². The monoisotopic (exact) mass is 432 g/mol. The van der Waals surface area contributed by atoms with E-state index in [2.05, 4.69) is 81.7 Å². The van der Waals surface area contributed by atoms with Gasteiger partial charge in [-0.25, -0.2) is 5.43 Å². The zero-order valence-electron chi connectivity index (χ0n) is 19.3. The molecule has 0 bridgehead atoms. The Bertz CT molecular complexity index is 794. The standard InChI is InChI=1S/C21H36N8O2/c1-13(2)16-10-19(27-26-16)23-18-11-20(30-8-7-29(5)6)25-21(24-18)22-12-15-9-17(14(3)4)28-31-15/h9-11,13-14,17,19,26-28H,7-8,12H2,1-6H3,(H2,22,23,24,25). The SMILES string of the molecule is CC(C)C1=CC(Nc2cc(OCCN(C)C)nc(NCC3=CC(C(C)C)NO3)n2)NN1. The van der Waals surface area contributed by atoms with Gasteiger partial charge < -0.3 is 30.5 Å². The number of nitrogens with one attached hydrogen (secondary N) is 5. The Kier molecular flexibility index (Phi) is 7.94. The summed E-state index contributed by atoms with van der Waals surface area (Å²) in [6.45, 7) is 10.4. The van der Waals surface area contributed by atoms with Crippen LogP contribution in [0.15, 0.2) is 29.7 Å². The minimum atomic E-state index is -0.0772. The number of ether oxygens (including phenoxy) is 1. The molecular formula is C21H36N8O2. The lowest BCUT2D eigenvalue weighted by Gasteiger charge is -2.16. The Morgan fingerprint density at radius 1 is 1.19 bits per heavy atom. The number of hydrogen-bond donors (Lipinski definition) is 5. The Morgan fingerprint density at radius 3 is 2.65 bits per heavy atom. The maximum Gasteiger partial charge on any atom is 0.228 e. The minimum Gasteiger partial charge on any atom is -0.476 e. The zero-order chi connectivity index (χ0) is 22.4. The van der Waals surface area contributed by atoms with Gasteiger partial charge in [-0.3, -0.25) is 0 Å². The van der Waals surface area contributed by atoms with Crippen molar-refractivity contribution in [3.8, 4) is 5.88 Å². The summed E-state index contributed by atoms with van der Waals surface area (Å²) < 4.78 is 5.86. The van der Waals surface area contributed by atoms with Crippen LogP contribution in [-0.4, -0.2) is 60.9 Å². The van der Waals surface area contributed by atoms with Crippen molar-refractivity contribution in [1.29, 1.82) is 0 Å². The summed E-state index contributed by atoms with van der Waals surface area (Å²) in [5.41, 5.74) is 10.6. The lowest BCUT2D eigenvalue weighted by Crippen LogP contribution is -2.37. The van der Waals surface area contributed by atoms with E-state index in [0.717, 1.165) is 18.0 Å². The van der Waals surface area contributed by atoms with Crippen molar-refractivity contribution in [3.63, 3.8) is 0 Å². The second-order valence-electron chi connectivity index (χ2n) is 8.71. The van der Waals surface area contributed by atoms with Crippen LogP contribution in [0.3, 0.4) is 0 Å². The van der Waals surface area contributed by atoms with E-state index in [9.17, 15) is 0 Å². The molecule has 10 heteroatoms. The molecule has 3 heterocycles. The van der Waals surface area contributed by atoms with Gasteiger partial charge in [0.1, 0.15) is 24.3 Å². The van der Waals surface area contributed by atoms with Crippen molar-refractivity contribution in [2.24, 2.45) is 11.8 Å². The summed E-state index contributed by atoms with van der Waals surface area (Å²) in [6, 6.07) is 2.02. The summed E-state index contributed by atoms with van der Waals surface area (Å²) in [4.78, 5) is 16.7. The molecule has 2 atom stereocenters. The van der Waals surface area contributed by atoms with Gasteiger partial charge in [-0.05, 0) is 38.1 Å². The molecule has 2 aliphatic rings. The normalized spacial score (nSPS) is 20.5. The molecule has 10 nitrogen and oxygen atoms in total. The highest BCUT2D eigenvalue weighted by molar-refractivity contribution is 5.46. The molecule has 2 aliphatic heterocycles. The Morgan fingerprint density at radius 2 is 2.00 bits per heavy atom. The fraction of sp³-hybridized carbons (Fsp3) is 0.619. The summed E-state index contributed by atoms with van der Waals surface area (Å²) in [5, 5.41) is 6.61. The molecule has 0 radical (unpaired) electrons. The highest BCUT2D eigenvalue weighted by atomic mass is 16.7. The van der Waals surface area contributed by atoms with Crippen molar-refractivity contribution in [2.45, 2.75) is 39.9 Å². The number of nitrogens with zero attached hydrogens (tertiary/aromatic N) is 3. The Hall–Kier alpha value is -2.56. The maximum absolute atomic E-state index is 5.86. The first-order chi connectivity index (χ1) is 14.8. The van der Waals surface area contributed by atoms with Crippen molar-refractivity contribution in [1.82, 2.24) is 31.2 Å². The predicted molar refractivity (Wildman–Crippen MR) is 122 cm³/mol. The van der Waals surface area contributed by atoms with Crippen LogP contribution in [0.2, 0.25) is 0 Å². The first-order valence-corrected chi connectivity index (χ1v) is 10.8. The molecule has 0 saturated heterocycles. The molecular weight excluding hydrogens is 396 g/mol. The molecule has 5 N–H and O–H groups in total. The molecule has 0 aromatic carbocycles. The number of hydrogen-bond acceptors (Lipinski definition) is 10. The molecule has 0 spiro atoms. The van der Waals surface area contributed by atoms with E-state index >= 15 is 0 Å². The van der Waals surface area contributed by atoms with Crippen molar-refractivity contribution in [3.05, 3.63) is 29.7 Å². The molecule has 172 valence electrons. The van der Waals surface area contributed by atoms with Crippen LogP contribution < -0.4 is 31.7 Å². The summed E-state index contributed by atoms with van der Waals surface area (Å²) in [7, 11) is 4.02. The van der Waals surface area contributed by atoms with Crippen LogP contribution in [0, 0.1) is 11.8 Å². The number of likely N-dealkylation sites (N-methyl/N-ethyl adjacent to an activating group) is 1. The molecule has 1 aromatic rings. The van der Waals surface area contributed by atoms with E-state index in [4.69, 9.17) is 9.57 Å². The van der Waals surface area contributed by atoms with E-state index < -0.39 is 0 Å². The van der Waals surface area contributed by atoms with Crippen LogP contribution >= 0.6 is 0 Å². The van der Waals surface area contributed by atoms with Gasteiger partial charge in [0, 0.05) is 18.3 Å². The van der Waals surface area contributed by atoms with Crippen LogP contribution in [0.25, 0.3) is 0 Å².